The van der Waals surface area contributed by atoms with Crippen LogP contribution in [0.15, 0.2) is 54.7 Å². The number of hydrogen-bond acceptors (Lipinski definition) is 2. The van der Waals surface area contributed by atoms with Crippen molar-refractivity contribution >= 4 is 0 Å². The summed E-state index contributed by atoms with van der Waals surface area (Å²) in [5.41, 5.74) is 1.64. The maximum Gasteiger partial charge on any atom is 0.151 e. The molecule has 2 aromatic carbocycles. The molecule has 0 aliphatic rings. The second-order valence-electron chi connectivity index (χ2n) is 4.41. The third-order valence-electron chi connectivity index (χ3n) is 3.04. The smallest absolute Gasteiger partial charge is 0.151 e. The number of hydrogen-bond donors (Lipinski definition) is 0. The summed E-state index contributed by atoms with van der Waals surface area (Å²) < 4.78 is 28.0. The van der Waals surface area contributed by atoms with E-state index in [1.807, 2.05) is 36.4 Å². The fourth-order valence-electron chi connectivity index (χ4n) is 2.06. The van der Waals surface area contributed by atoms with E-state index in [-0.39, 0.29) is 5.69 Å². The van der Waals surface area contributed by atoms with Crippen LogP contribution in [0.3, 0.4) is 0 Å². The molecule has 0 fully saturated rings. The summed E-state index contributed by atoms with van der Waals surface area (Å²) in [5.74, 6) is -1.39. The van der Waals surface area contributed by atoms with Gasteiger partial charge in [0.15, 0.2) is 5.82 Å². The standard InChI is InChI=1S/C16H9F2N3/c17-13-6-7-15(14(18)8-13)21-10-12(9-19)16(20-21)11-4-2-1-3-5-11/h1-8,10H. The zero-order chi connectivity index (χ0) is 14.8. The number of halogens is 2. The average Bonchev–Trinajstić information content (AvgIpc) is 2.92. The molecule has 3 rings (SSSR count). The molecule has 3 aromatic rings. The zero-order valence-corrected chi connectivity index (χ0v) is 10.8. The molecule has 1 aromatic heterocycles. The highest BCUT2D eigenvalue weighted by Crippen LogP contribution is 2.23. The fraction of sp³-hybridized carbons (Fsp3) is 0. The lowest BCUT2D eigenvalue weighted by atomic mass is 10.1. The van der Waals surface area contributed by atoms with E-state index >= 15 is 0 Å². The average molecular weight is 281 g/mol. The highest BCUT2D eigenvalue weighted by Gasteiger charge is 2.14. The Balaban J connectivity index is 2.14. The van der Waals surface area contributed by atoms with Gasteiger partial charge in [0.1, 0.15) is 23.3 Å². The summed E-state index contributed by atoms with van der Waals surface area (Å²) in [5, 5.41) is 13.4. The zero-order valence-electron chi connectivity index (χ0n) is 10.8. The predicted octanol–water partition coefficient (Wildman–Crippen LogP) is 3.69. The Bertz CT molecular complexity index is 832. The molecular weight excluding hydrogens is 272 g/mol. The molecular formula is C16H9F2N3. The molecule has 1 heterocycles. The van der Waals surface area contributed by atoms with Crippen molar-refractivity contribution in [3.8, 4) is 23.0 Å². The Kier molecular flexibility index (Phi) is 3.20. The molecule has 0 saturated heterocycles. The molecule has 3 nitrogen and oxygen atoms in total. The van der Waals surface area contributed by atoms with Gasteiger partial charge in [-0.05, 0) is 12.1 Å². The van der Waals surface area contributed by atoms with Crippen LogP contribution in [-0.2, 0) is 0 Å². The Labute approximate surface area is 119 Å². The van der Waals surface area contributed by atoms with Crippen LogP contribution >= 0.6 is 0 Å². The molecule has 0 saturated carbocycles. The molecule has 0 atom stereocenters. The van der Waals surface area contributed by atoms with Gasteiger partial charge in [0.05, 0.1) is 5.56 Å². The molecule has 0 bridgehead atoms. The quantitative estimate of drug-likeness (QED) is 0.719. The van der Waals surface area contributed by atoms with Gasteiger partial charge in [0.2, 0.25) is 0 Å². The topological polar surface area (TPSA) is 41.6 Å². The predicted molar refractivity (Wildman–Crippen MR) is 73.6 cm³/mol. The fourth-order valence-corrected chi connectivity index (χ4v) is 2.06. The second-order valence-corrected chi connectivity index (χ2v) is 4.41. The molecule has 0 spiro atoms. The van der Waals surface area contributed by atoms with E-state index in [0.29, 0.717) is 11.3 Å². The van der Waals surface area contributed by atoms with E-state index in [9.17, 15) is 14.0 Å². The third kappa shape index (κ3) is 2.39. The summed E-state index contributed by atoms with van der Waals surface area (Å²) in [6.07, 6.45) is 1.43. The van der Waals surface area contributed by atoms with Gasteiger partial charge in [0.25, 0.3) is 0 Å². The van der Waals surface area contributed by atoms with Gasteiger partial charge in [-0.1, -0.05) is 30.3 Å². The molecule has 5 heteroatoms. The van der Waals surface area contributed by atoms with Crippen LogP contribution in [0.5, 0.6) is 0 Å². The van der Waals surface area contributed by atoms with Gasteiger partial charge in [-0.25, -0.2) is 13.5 Å². The summed E-state index contributed by atoms with van der Waals surface area (Å²) in [6.45, 7) is 0. The van der Waals surface area contributed by atoms with Crippen LogP contribution in [0, 0.1) is 23.0 Å². The van der Waals surface area contributed by atoms with Gasteiger partial charge in [-0.2, -0.15) is 10.4 Å². The van der Waals surface area contributed by atoms with Crippen molar-refractivity contribution in [1.82, 2.24) is 9.78 Å². The Hall–Kier alpha value is -3.00. The van der Waals surface area contributed by atoms with Gasteiger partial charge in [-0.15, -0.1) is 0 Å². The van der Waals surface area contributed by atoms with Crippen LogP contribution in [0.4, 0.5) is 8.78 Å². The first-order valence-corrected chi connectivity index (χ1v) is 6.19. The molecule has 0 radical (unpaired) electrons. The van der Waals surface area contributed by atoms with Crippen molar-refractivity contribution in [2.45, 2.75) is 0 Å². The highest BCUT2D eigenvalue weighted by atomic mass is 19.1. The number of nitriles is 1. The van der Waals surface area contributed by atoms with Crippen molar-refractivity contribution in [1.29, 1.82) is 5.26 Å². The summed E-state index contributed by atoms with van der Waals surface area (Å²) in [4.78, 5) is 0. The largest absolute Gasteiger partial charge is 0.236 e. The summed E-state index contributed by atoms with van der Waals surface area (Å²) in [7, 11) is 0. The van der Waals surface area contributed by atoms with E-state index in [4.69, 9.17) is 0 Å². The van der Waals surface area contributed by atoms with Crippen LogP contribution in [0.2, 0.25) is 0 Å². The van der Waals surface area contributed by atoms with Crippen molar-refractivity contribution in [3.05, 3.63) is 71.9 Å². The SMILES string of the molecule is N#Cc1cn(-c2ccc(F)cc2F)nc1-c1ccccc1. The molecule has 0 N–H and O–H groups in total. The van der Waals surface area contributed by atoms with E-state index < -0.39 is 11.6 Å². The number of nitrogens with zero attached hydrogens (tertiary/aromatic N) is 3. The van der Waals surface area contributed by atoms with Crippen LogP contribution in [0.25, 0.3) is 16.9 Å². The van der Waals surface area contributed by atoms with Crippen LogP contribution in [-0.4, -0.2) is 9.78 Å². The second kappa shape index (κ2) is 5.17. The lowest BCUT2D eigenvalue weighted by Gasteiger charge is -2.02. The maximum absolute atomic E-state index is 13.8. The molecule has 0 aliphatic carbocycles. The Morgan fingerprint density at radius 1 is 1.05 bits per heavy atom. The first-order chi connectivity index (χ1) is 10.2. The first kappa shape index (κ1) is 13.0. The lowest BCUT2D eigenvalue weighted by molar-refractivity contribution is 0.574. The Morgan fingerprint density at radius 3 is 2.48 bits per heavy atom. The minimum atomic E-state index is -0.735. The van der Waals surface area contributed by atoms with Gasteiger partial charge in [0, 0.05) is 17.8 Å². The molecule has 0 unspecified atom stereocenters. The monoisotopic (exact) mass is 281 g/mol. The maximum atomic E-state index is 13.8. The minimum absolute atomic E-state index is 0.0927. The highest BCUT2D eigenvalue weighted by molar-refractivity contribution is 5.66. The summed E-state index contributed by atoms with van der Waals surface area (Å²) in [6, 6.07) is 14.4. The molecule has 102 valence electrons. The van der Waals surface area contributed by atoms with Gasteiger partial charge >= 0.3 is 0 Å². The minimum Gasteiger partial charge on any atom is -0.236 e. The summed E-state index contributed by atoms with van der Waals surface area (Å²) >= 11 is 0. The van der Waals surface area contributed by atoms with Crippen molar-refractivity contribution in [3.63, 3.8) is 0 Å². The van der Waals surface area contributed by atoms with Gasteiger partial charge in [-0.3, -0.25) is 0 Å². The molecule has 0 aliphatic heterocycles. The Morgan fingerprint density at radius 2 is 1.81 bits per heavy atom. The molecule has 21 heavy (non-hydrogen) atoms. The van der Waals surface area contributed by atoms with E-state index in [1.54, 1.807) is 0 Å². The van der Waals surface area contributed by atoms with E-state index in [1.165, 1.54) is 16.9 Å². The van der Waals surface area contributed by atoms with Crippen LogP contribution < -0.4 is 0 Å². The van der Waals surface area contributed by atoms with Crippen LogP contribution in [0.1, 0.15) is 5.56 Å². The normalized spacial score (nSPS) is 10.3. The van der Waals surface area contributed by atoms with E-state index in [2.05, 4.69) is 5.10 Å². The van der Waals surface area contributed by atoms with Crippen molar-refractivity contribution in [2.24, 2.45) is 0 Å². The third-order valence-corrected chi connectivity index (χ3v) is 3.04. The van der Waals surface area contributed by atoms with Crippen molar-refractivity contribution in [2.75, 3.05) is 0 Å². The molecule has 0 amide bonds. The first-order valence-electron chi connectivity index (χ1n) is 6.19. The van der Waals surface area contributed by atoms with Gasteiger partial charge < -0.3 is 0 Å². The number of rotatable bonds is 2. The number of benzene rings is 2. The van der Waals surface area contributed by atoms with E-state index in [0.717, 1.165) is 17.7 Å². The number of aromatic nitrogens is 2. The van der Waals surface area contributed by atoms with Crippen molar-refractivity contribution < 1.29 is 8.78 Å². The lowest BCUT2D eigenvalue weighted by Crippen LogP contribution is -1.99.